The number of aliphatic hydroxyl groups excluding tert-OH is 2. The zero-order valence-corrected chi connectivity index (χ0v) is 19.4. The van der Waals surface area contributed by atoms with Crippen LogP contribution < -0.4 is 5.73 Å². The van der Waals surface area contributed by atoms with E-state index in [0.717, 1.165) is 0 Å². The minimum Gasteiger partial charge on any atom is -0.508 e. The molecular weight excluding hydrogens is 459 g/mol. The van der Waals surface area contributed by atoms with Crippen molar-refractivity contribution in [1.82, 2.24) is 4.90 Å². The fraction of sp³-hybridized carbons (Fsp3) is 0.480. The third-order valence-corrected chi connectivity index (χ3v) is 8.30. The molecular formula is C25H27FN2O7. The highest BCUT2D eigenvalue weighted by Crippen LogP contribution is 2.54. The van der Waals surface area contributed by atoms with Crippen molar-refractivity contribution >= 4 is 23.2 Å². The Morgan fingerprint density at radius 3 is 2.46 bits per heavy atom. The molecule has 1 amide bonds. The van der Waals surface area contributed by atoms with Gasteiger partial charge in [0.15, 0.2) is 11.4 Å². The molecule has 35 heavy (non-hydrogen) atoms. The molecule has 9 nitrogen and oxygen atoms in total. The van der Waals surface area contributed by atoms with E-state index in [-0.39, 0.29) is 35.3 Å². The maximum Gasteiger partial charge on any atom is 0.255 e. The molecule has 1 saturated carbocycles. The highest BCUT2D eigenvalue weighted by molar-refractivity contribution is 6.24. The number of hydrogen-bond donors (Lipinski definition) is 5. The molecule has 10 heteroatoms. The number of likely N-dealkylation sites (N-methyl/N-ethyl adjacent to an activating group) is 1. The second-order valence-electron chi connectivity index (χ2n) is 9.90. The van der Waals surface area contributed by atoms with E-state index >= 15 is 4.39 Å². The number of aromatic hydroxyl groups is 1. The van der Waals surface area contributed by atoms with Crippen molar-refractivity contribution in [3.63, 3.8) is 0 Å². The van der Waals surface area contributed by atoms with Gasteiger partial charge in [0.1, 0.15) is 28.7 Å². The Morgan fingerprint density at radius 2 is 1.83 bits per heavy atom. The van der Waals surface area contributed by atoms with Gasteiger partial charge < -0.3 is 26.2 Å². The number of Topliss-reactive ketones (excluding diaryl/α,β-unsaturated/α-hetero) is 2. The van der Waals surface area contributed by atoms with E-state index in [1.165, 1.54) is 0 Å². The van der Waals surface area contributed by atoms with E-state index < -0.39 is 63.9 Å². The van der Waals surface area contributed by atoms with E-state index in [1.54, 1.807) is 18.9 Å². The maximum atomic E-state index is 15.5. The van der Waals surface area contributed by atoms with Crippen molar-refractivity contribution in [3.05, 3.63) is 45.0 Å². The normalized spacial score (nSPS) is 29.8. The molecule has 0 aliphatic heterocycles. The molecule has 4 aliphatic carbocycles. The number of carbonyl (C=O) groups excluding carboxylic acids is 3. The molecule has 0 aromatic heterocycles. The van der Waals surface area contributed by atoms with Gasteiger partial charge in [0, 0.05) is 22.6 Å². The van der Waals surface area contributed by atoms with Gasteiger partial charge in [-0.05, 0) is 57.2 Å². The van der Waals surface area contributed by atoms with Crippen molar-refractivity contribution in [1.29, 1.82) is 0 Å². The zero-order chi connectivity index (χ0) is 25.6. The summed E-state index contributed by atoms with van der Waals surface area (Å²) in [7, 11) is 1.58. The molecule has 0 unspecified atom stereocenters. The summed E-state index contributed by atoms with van der Waals surface area (Å²) in [4.78, 5) is 40.6. The molecule has 1 aromatic rings. The summed E-state index contributed by atoms with van der Waals surface area (Å²) in [6.45, 7) is 2.06. The fourth-order valence-electron chi connectivity index (χ4n) is 6.52. The van der Waals surface area contributed by atoms with E-state index in [4.69, 9.17) is 5.73 Å². The summed E-state index contributed by atoms with van der Waals surface area (Å²) < 4.78 is 15.5. The Morgan fingerprint density at radius 1 is 1.17 bits per heavy atom. The quantitative estimate of drug-likeness (QED) is 0.395. The third-order valence-electron chi connectivity index (χ3n) is 8.30. The number of halogens is 1. The smallest absolute Gasteiger partial charge is 0.255 e. The van der Waals surface area contributed by atoms with Gasteiger partial charge in [-0.1, -0.05) is 6.92 Å². The SMILES string of the molecule is CCN(C)[C@@H]1C(=O)C(C(N)=O)=C(O)[C@@]2(O)C(=O)C3=C(O)c4c(O)c5c(c(F)c4C[C@H]3C[C@@H]12)CCC5. The number of ketones is 2. The summed E-state index contributed by atoms with van der Waals surface area (Å²) in [6, 6.07) is -1.16. The van der Waals surface area contributed by atoms with Gasteiger partial charge in [-0.2, -0.15) is 0 Å². The van der Waals surface area contributed by atoms with Gasteiger partial charge in [-0.25, -0.2) is 4.39 Å². The number of hydrogen-bond acceptors (Lipinski definition) is 8. The minimum absolute atomic E-state index is 0.0381. The van der Waals surface area contributed by atoms with Gasteiger partial charge in [0.25, 0.3) is 5.91 Å². The van der Waals surface area contributed by atoms with Crippen molar-refractivity contribution in [3.8, 4) is 5.75 Å². The highest BCUT2D eigenvalue weighted by Gasteiger charge is 2.64. The van der Waals surface area contributed by atoms with Crippen LogP contribution in [0.15, 0.2) is 16.9 Å². The second-order valence-corrected chi connectivity index (χ2v) is 9.90. The number of nitrogens with two attached hydrogens (primary N) is 1. The number of phenolic OH excluding ortho intramolecular Hbond substituents is 1. The van der Waals surface area contributed by atoms with Crippen molar-refractivity contribution in [2.24, 2.45) is 17.6 Å². The molecule has 0 radical (unpaired) electrons. The van der Waals surface area contributed by atoms with E-state index in [0.29, 0.717) is 36.9 Å². The lowest BCUT2D eigenvalue weighted by molar-refractivity contribution is -0.154. The molecule has 6 N–H and O–H groups in total. The monoisotopic (exact) mass is 486 g/mol. The second kappa shape index (κ2) is 7.63. The molecule has 0 saturated heterocycles. The van der Waals surface area contributed by atoms with Crippen LogP contribution in [0.2, 0.25) is 0 Å². The number of benzene rings is 1. The lowest BCUT2D eigenvalue weighted by atomic mass is 9.57. The van der Waals surface area contributed by atoms with Gasteiger partial charge in [-0.3, -0.25) is 19.3 Å². The lowest BCUT2D eigenvalue weighted by Crippen LogP contribution is -2.66. The van der Waals surface area contributed by atoms with Gasteiger partial charge in [-0.15, -0.1) is 0 Å². The van der Waals surface area contributed by atoms with Gasteiger partial charge in [0.2, 0.25) is 5.78 Å². The van der Waals surface area contributed by atoms with Gasteiger partial charge in [0.05, 0.1) is 11.6 Å². The summed E-state index contributed by atoms with van der Waals surface area (Å²) >= 11 is 0. The van der Waals surface area contributed by atoms with Gasteiger partial charge >= 0.3 is 0 Å². The number of amides is 1. The predicted octanol–water partition coefficient (Wildman–Crippen LogP) is 0.982. The van der Waals surface area contributed by atoms with Crippen LogP contribution in [0.1, 0.15) is 42.0 Å². The minimum atomic E-state index is -2.70. The average Bonchev–Trinajstić information content (AvgIpc) is 3.30. The van der Waals surface area contributed by atoms with E-state index in [1.807, 2.05) is 0 Å². The zero-order valence-electron chi connectivity index (χ0n) is 19.4. The predicted molar refractivity (Wildman–Crippen MR) is 121 cm³/mol. The number of carbonyl (C=O) groups is 3. The van der Waals surface area contributed by atoms with E-state index in [2.05, 4.69) is 0 Å². The molecule has 186 valence electrons. The summed E-state index contributed by atoms with van der Waals surface area (Å²) in [5.41, 5.74) is 2.20. The third kappa shape index (κ3) is 2.83. The number of nitrogens with zero attached hydrogens (tertiary/aromatic N) is 1. The van der Waals surface area contributed by atoms with E-state index in [9.17, 15) is 34.8 Å². The number of phenols is 1. The Hall–Kier alpha value is -3.24. The topological polar surface area (TPSA) is 161 Å². The molecule has 0 heterocycles. The van der Waals surface area contributed by atoms with Crippen molar-refractivity contribution < 1.29 is 39.2 Å². The number of rotatable bonds is 3. The molecule has 4 atom stereocenters. The van der Waals surface area contributed by atoms with Crippen LogP contribution >= 0.6 is 0 Å². The van der Waals surface area contributed by atoms with Crippen LogP contribution in [0.3, 0.4) is 0 Å². The molecule has 1 fully saturated rings. The number of primary amides is 1. The number of fused-ring (bicyclic) bond motifs is 4. The Balaban J connectivity index is 1.75. The first-order chi connectivity index (χ1) is 16.5. The Kier molecular flexibility index (Phi) is 5.12. The van der Waals surface area contributed by atoms with Crippen LogP contribution in [0.5, 0.6) is 5.75 Å². The van der Waals surface area contributed by atoms with Crippen LogP contribution in [0, 0.1) is 17.7 Å². The molecule has 4 aliphatic rings. The first-order valence-electron chi connectivity index (χ1n) is 11.7. The maximum absolute atomic E-state index is 15.5. The highest BCUT2D eigenvalue weighted by atomic mass is 19.1. The van der Waals surface area contributed by atoms with Crippen LogP contribution in [-0.2, 0) is 33.6 Å². The van der Waals surface area contributed by atoms with Crippen LogP contribution in [0.4, 0.5) is 4.39 Å². The van der Waals surface area contributed by atoms with Crippen LogP contribution in [-0.4, -0.2) is 68.0 Å². The average molecular weight is 486 g/mol. The summed E-state index contributed by atoms with van der Waals surface area (Å²) in [6.07, 6.45) is 1.43. The Labute approximate surface area is 200 Å². The standard InChI is InChI=1S/C25H27FN2O7/c1-3-28(2)18-13-8-9-7-12-15(19(29)11-6-4-5-10(11)17(12)26)20(30)14(9)22(32)25(13,35)23(33)16(21(18)31)24(27)34/h9,13,18,29-30,33,35H,3-8H2,1-2H3,(H2,27,34)/t9-,13-,18-,25-/m0/s1. The van der Waals surface area contributed by atoms with Crippen molar-refractivity contribution in [2.75, 3.05) is 13.6 Å². The molecule has 0 spiro atoms. The number of aliphatic hydroxyl groups is 3. The van der Waals surface area contributed by atoms with Crippen LogP contribution in [0.25, 0.3) is 5.76 Å². The summed E-state index contributed by atoms with van der Waals surface area (Å²) in [5, 5.41) is 44.5. The first kappa shape index (κ1) is 23.5. The molecule has 1 aromatic carbocycles. The summed E-state index contributed by atoms with van der Waals surface area (Å²) in [5.74, 6) is -7.77. The molecule has 0 bridgehead atoms. The molecule has 5 rings (SSSR count). The fourth-order valence-corrected chi connectivity index (χ4v) is 6.52. The first-order valence-corrected chi connectivity index (χ1v) is 11.7. The largest absolute Gasteiger partial charge is 0.508 e. The lowest BCUT2D eigenvalue weighted by Gasteiger charge is -2.50. The van der Waals surface area contributed by atoms with Crippen molar-refractivity contribution in [2.45, 2.75) is 50.7 Å². The Bertz CT molecular complexity index is 1280.